The number of carbonyl (C=O) groups excluding carboxylic acids is 19. The second-order valence-electron chi connectivity index (χ2n) is 21.1. The number of carbonyl (C=O) groups is 19. The van der Waals surface area contributed by atoms with Crippen molar-refractivity contribution in [2.75, 3.05) is 75.2 Å². The SMILES string of the molecule is CCC(=O)C(C)C(=O)C=O.CCC(=O)C(C)C(C)=O.CCC(COC(=O)C(C)C(=O)C=O)OC.CCC(COC(=O)C(C)C(C)=O)OC.CCC(COC)OC(=O)C(C)C(=O)OC.CCC(COC)OC(=O)C(C)C(C)=O.CCOC(=O)C(C)C(=O)C=O.CCOC(=O)C(C)C(C)=O. The van der Waals surface area contributed by atoms with Gasteiger partial charge in [-0.1, -0.05) is 41.5 Å². The molecule has 98 heavy (non-hydrogen) atoms. The summed E-state index contributed by atoms with van der Waals surface area (Å²) in [5, 5.41) is 0. The number of Topliss-reactive ketones (excluding diaryl/α,β-unsaturated/α-hetero) is 9. The van der Waals surface area contributed by atoms with Gasteiger partial charge in [0, 0.05) is 41.3 Å². The lowest BCUT2D eigenvalue weighted by atomic mass is 10.0. The van der Waals surface area contributed by atoms with E-state index >= 15 is 0 Å². The summed E-state index contributed by atoms with van der Waals surface area (Å²) in [7, 11) is 7.39. The number of rotatable bonds is 39. The van der Waals surface area contributed by atoms with E-state index in [1.165, 1.54) is 76.7 Å². The van der Waals surface area contributed by atoms with Crippen molar-refractivity contribution < 1.29 is 143 Å². The third-order valence-electron chi connectivity index (χ3n) is 13.6. The Bertz CT molecular complexity index is 2420. The average Bonchev–Trinajstić information content (AvgIpc) is 1.37. The van der Waals surface area contributed by atoms with Gasteiger partial charge in [-0.15, -0.1) is 0 Å². The molecule has 0 saturated heterocycles. The van der Waals surface area contributed by atoms with Crippen LogP contribution in [0, 0.1) is 47.3 Å². The van der Waals surface area contributed by atoms with Crippen LogP contribution < -0.4 is 0 Å². The van der Waals surface area contributed by atoms with Crippen molar-refractivity contribution in [2.24, 2.45) is 47.3 Å². The highest BCUT2D eigenvalue weighted by Gasteiger charge is 2.28. The van der Waals surface area contributed by atoms with Gasteiger partial charge >= 0.3 is 41.8 Å². The molecule has 0 aromatic heterocycles. The maximum atomic E-state index is 11.4. The quantitative estimate of drug-likeness (QED) is 0.0232. The van der Waals surface area contributed by atoms with E-state index in [1.54, 1.807) is 69.6 Å². The van der Waals surface area contributed by atoms with E-state index < -0.39 is 106 Å². The van der Waals surface area contributed by atoms with Crippen LogP contribution in [0.25, 0.3) is 0 Å². The summed E-state index contributed by atoms with van der Waals surface area (Å²) in [6.45, 7) is 33.4. The van der Waals surface area contributed by atoms with E-state index in [0.29, 0.717) is 51.9 Å². The van der Waals surface area contributed by atoms with Crippen LogP contribution in [-0.2, 0) is 143 Å². The molecule has 0 bridgehead atoms. The predicted octanol–water partition coefficient (Wildman–Crippen LogP) is 5.77. The van der Waals surface area contributed by atoms with Crippen LogP contribution in [0.5, 0.6) is 0 Å². The maximum absolute atomic E-state index is 11.4. The molecular formula is C68H114O30. The number of esters is 7. The van der Waals surface area contributed by atoms with Crippen molar-refractivity contribution in [1.82, 2.24) is 0 Å². The maximum Gasteiger partial charge on any atom is 0.320 e. The van der Waals surface area contributed by atoms with Gasteiger partial charge in [-0.3, -0.25) is 91.1 Å². The minimum Gasteiger partial charge on any atom is -0.468 e. The summed E-state index contributed by atoms with van der Waals surface area (Å²) >= 11 is 0. The molecule has 0 N–H and O–H groups in total. The molecule has 566 valence electrons. The van der Waals surface area contributed by atoms with Gasteiger partial charge in [-0.25, -0.2) is 0 Å². The number of ether oxygens (including phenoxy) is 11. The van der Waals surface area contributed by atoms with Gasteiger partial charge in [-0.05, 0) is 123 Å². The van der Waals surface area contributed by atoms with E-state index in [1.807, 2.05) is 27.7 Å². The van der Waals surface area contributed by atoms with E-state index in [9.17, 15) is 91.1 Å². The summed E-state index contributed by atoms with van der Waals surface area (Å²) in [6.07, 6.45) is 3.20. The standard InChI is InChI=1S/C10H18O5.C10H16O5.2C10H18O4.C7H10O4.C7H12O3.C7H10O3.C7H12O2/c1-5-8(6-13-3)15-10(12)7(2)9(11)14-4;1-4-8(14-3)6-15-10(13)7(2)9(12)5-11;1-5-9(13-4)6-14-10(12)7(2)8(3)11;1-5-9(6-13-4)14-10(12)7(2)8(3)11;1-3-11-7(10)5(2)6(9)4-8;1-4-10-7(9)5(2)6(3)8;1-3-6(9)5(2)7(10)4-8;1-4-7(9)5(2)6(3)8/h7-8H,5-6H2,1-4H3;5,7-8H,4,6H2,1-3H3;2*7,9H,5-6H2,1-4H3;4-5H,3H2,1-2H3;5H,4H2,1-3H3;4-5H,3H2,1-2H3;5H,4H2,1-3H3. The summed E-state index contributed by atoms with van der Waals surface area (Å²) in [4.78, 5) is 204. The zero-order chi connectivity index (χ0) is 78.6. The Labute approximate surface area is 578 Å². The molecule has 0 saturated carbocycles. The summed E-state index contributed by atoms with van der Waals surface area (Å²) < 4.78 is 53.2. The molecule has 0 heterocycles. The molecule has 0 amide bonds. The zero-order valence-electron chi connectivity index (χ0n) is 62.4. The minimum atomic E-state index is -1.03. The normalized spacial score (nSPS) is 13.5. The highest BCUT2D eigenvalue weighted by atomic mass is 16.6. The Morgan fingerprint density at radius 3 is 0.786 bits per heavy atom. The summed E-state index contributed by atoms with van der Waals surface area (Å²) in [5.74, 6) is -12.7. The van der Waals surface area contributed by atoms with Crippen LogP contribution in [0.2, 0.25) is 0 Å². The number of hydrogen-bond donors (Lipinski definition) is 0. The lowest BCUT2D eigenvalue weighted by Crippen LogP contribution is -2.30. The Kier molecular flexibility index (Phi) is 72.0. The van der Waals surface area contributed by atoms with Crippen molar-refractivity contribution in [1.29, 1.82) is 0 Å². The van der Waals surface area contributed by atoms with Crippen LogP contribution in [0.3, 0.4) is 0 Å². The second kappa shape index (κ2) is 66.4. The first-order valence-corrected chi connectivity index (χ1v) is 31.9. The fourth-order valence-corrected chi connectivity index (χ4v) is 5.52. The van der Waals surface area contributed by atoms with Crippen molar-refractivity contribution in [3.63, 3.8) is 0 Å². The first-order valence-electron chi connectivity index (χ1n) is 31.9. The van der Waals surface area contributed by atoms with Gasteiger partial charge in [0.05, 0.1) is 57.6 Å². The predicted molar refractivity (Wildman–Crippen MR) is 353 cm³/mol. The van der Waals surface area contributed by atoms with Crippen LogP contribution in [0.4, 0.5) is 0 Å². The van der Waals surface area contributed by atoms with Crippen molar-refractivity contribution in [3.05, 3.63) is 0 Å². The van der Waals surface area contributed by atoms with Gasteiger partial charge in [0.2, 0.25) is 17.3 Å². The molecule has 0 aliphatic carbocycles. The van der Waals surface area contributed by atoms with Gasteiger partial charge in [0.15, 0.2) is 24.8 Å². The van der Waals surface area contributed by atoms with Gasteiger partial charge in [-0.2, -0.15) is 0 Å². The van der Waals surface area contributed by atoms with Crippen LogP contribution in [0.15, 0.2) is 0 Å². The van der Waals surface area contributed by atoms with E-state index in [4.69, 9.17) is 37.9 Å². The zero-order valence-corrected chi connectivity index (χ0v) is 62.4. The van der Waals surface area contributed by atoms with Crippen LogP contribution >= 0.6 is 0 Å². The molecule has 0 fully saturated rings. The Morgan fingerprint density at radius 1 is 0.296 bits per heavy atom. The highest BCUT2D eigenvalue weighted by Crippen LogP contribution is 2.10. The third kappa shape index (κ3) is 55.2. The minimum absolute atomic E-state index is 0.0301. The molecule has 0 aliphatic heterocycles. The molecule has 12 unspecified atom stereocenters. The smallest absolute Gasteiger partial charge is 0.320 e. The molecule has 0 aromatic carbocycles. The molecule has 0 aromatic rings. The van der Waals surface area contributed by atoms with Crippen molar-refractivity contribution in [3.8, 4) is 0 Å². The van der Waals surface area contributed by atoms with Gasteiger partial charge in [0.1, 0.15) is 89.7 Å². The lowest BCUT2D eigenvalue weighted by molar-refractivity contribution is -0.165. The van der Waals surface area contributed by atoms with Gasteiger partial charge in [0.25, 0.3) is 0 Å². The van der Waals surface area contributed by atoms with Crippen LogP contribution in [-0.4, -0.2) is 212 Å². The number of methoxy groups -OCH3 is 5. The van der Waals surface area contributed by atoms with Crippen LogP contribution in [0.1, 0.15) is 177 Å². The molecule has 0 radical (unpaired) electrons. The highest BCUT2D eigenvalue weighted by molar-refractivity contribution is 6.31. The first kappa shape index (κ1) is 106. The fourth-order valence-electron chi connectivity index (χ4n) is 5.52. The average molecular weight is 1410 g/mol. The van der Waals surface area contributed by atoms with E-state index in [0.717, 1.165) is 6.42 Å². The fraction of sp³-hybridized carbons (Fsp3) is 0.721. The van der Waals surface area contributed by atoms with Crippen molar-refractivity contribution in [2.45, 2.75) is 201 Å². The third-order valence-corrected chi connectivity index (χ3v) is 13.6. The number of ketones is 9. The molecule has 12 atom stereocenters. The molecule has 0 spiro atoms. The van der Waals surface area contributed by atoms with Gasteiger partial charge < -0.3 is 52.1 Å². The number of aldehydes is 3. The topological polar surface area (TPSA) is 426 Å². The summed E-state index contributed by atoms with van der Waals surface area (Å²) in [5.41, 5.74) is 0. The first-order chi connectivity index (χ1) is 45.6. The van der Waals surface area contributed by atoms with E-state index in [2.05, 4.69) is 14.2 Å². The molecule has 0 rings (SSSR count). The summed E-state index contributed by atoms with van der Waals surface area (Å²) in [6, 6.07) is 0. The monoisotopic (exact) mass is 1410 g/mol. The second-order valence-corrected chi connectivity index (χ2v) is 21.1. The molecular weight excluding hydrogens is 1300 g/mol. The Hall–Kier alpha value is -7.83. The van der Waals surface area contributed by atoms with Crippen molar-refractivity contribution >= 4 is 113 Å². The molecule has 30 heteroatoms. The molecule has 0 aliphatic rings. The number of hydrogen-bond acceptors (Lipinski definition) is 30. The van der Waals surface area contributed by atoms with E-state index in [-0.39, 0.29) is 97.8 Å². The Morgan fingerprint density at radius 2 is 0.551 bits per heavy atom. The largest absolute Gasteiger partial charge is 0.468 e. The molecule has 30 nitrogen and oxygen atoms in total. The lowest BCUT2D eigenvalue weighted by Gasteiger charge is -2.17. The Balaban J connectivity index is -0.000000158.